The highest BCUT2D eigenvalue weighted by Gasteiger charge is 2.38. The van der Waals surface area contributed by atoms with Gasteiger partial charge in [0.2, 0.25) is 0 Å². The molecule has 1 N–H and O–H groups in total. The summed E-state index contributed by atoms with van der Waals surface area (Å²) in [6, 6.07) is 3.61. The summed E-state index contributed by atoms with van der Waals surface area (Å²) in [6.07, 6.45) is 1.22. The van der Waals surface area contributed by atoms with E-state index in [9.17, 15) is 9.59 Å². The minimum absolute atomic E-state index is 0.224. The van der Waals surface area contributed by atoms with Crippen molar-refractivity contribution in [3.05, 3.63) is 39.0 Å². The molecule has 21 heavy (non-hydrogen) atoms. The molecular weight excluding hydrogens is 362 g/mol. The summed E-state index contributed by atoms with van der Waals surface area (Å²) in [5, 5.41) is 3.28. The first kappa shape index (κ1) is 15.9. The Hall–Kier alpha value is -1.53. The molecule has 0 aromatic heterocycles. The van der Waals surface area contributed by atoms with Crippen molar-refractivity contribution in [1.82, 2.24) is 0 Å². The lowest BCUT2D eigenvalue weighted by molar-refractivity contribution is -0.222. The van der Waals surface area contributed by atoms with Crippen molar-refractivity contribution in [3.63, 3.8) is 0 Å². The zero-order chi connectivity index (χ0) is 15.8. The number of hydrogen-bond donors (Lipinski definition) is 1. The van der Waals surface area contributed by atoms with E-state index in [1.807, 2.05) is 13.0 Å². The van der Waals surface area contributed by atoms with Gasteiger partial charge < -0.3 is 14.8 Å². The molecule has 0 aliphatic carbocycles. The molecule has 1 aromatic carbocycles. The molecule has 1 aliphatic rings. The third-order valence-corrected chi connectivity index (χ3v) is 3.59. The van der Waals surface area contributed by atoms with Gasteiger partial charge in [0, 0.05) is 24.5 Å². The number of halogens is 2. The fourth-order valence-electron chi connectivity index (χ4n) is 1.76. The van der Waals surface area contributed by atoms with E-state index in [1.54, 1.807) is 6.07 Å². The number of esters is 2. The predicted octanol–water partition coefficient (Wildman–Crippen LogP) is 3.54. The Kier molecular flexibility index (Phi) is 4.30. The highest BCUT2D eigenvalue weighted by Crippen LogP contribution is 2.32. The van der Waals surface area contributed by atoms with E-state index in [2.05, 4.69) is 21.2 Å². The van der Waals surface area contributed by atoms with Gasteiger partial charge in [-0.05, 0) is 40.5 Å². The molecule has 1 fully saturated rings. The zero-order valence-electron chi connectivity index (χ0n) is 11.6. The van der Waals surface area contributed by atoms with Crippen LogP contribution in [0.5, 0.6) is 0 Å². The summed E-state index contributed by atoms with van der Waals surface area (Å²) in [5.41, 5.74) is 1.29. The molecule has 1 aromatic rings. The van der Waals surface area contributed by atoms with Gasteiger partial charge in [0.15, 0.2) is 5.57 Å². The second kappa shape index (κ2) is 5.69. The molecule has 0 atom stereocenters. The normalized spacial score (nSPS) is 17.1. The van der Waals surface area contributed by atoms with Crippen LogP contribution in [0.3, 0.4) is 0 Å². The van der Waals surface area contributed by atoms with Crippen LogP contribution in [0.15, 0.2) is 28.4 Å². The van der Waals surface area contributed by atoms with Gasteiger partial charge >= 0.3 is 11.9 Å². The van der Waals surface area contributed by atoms with Crippen LogP contribution in [0.2, 0.25) is 5.02 Å². The molecule has 0 radical (unpaired) electrons. The number of nitrogens with one attached hydrogen (secondary N) is 1. The third kappa shape index (κ3) is 3.57. The summed E-state index contributed by atoms with van der Waals surface area (Å²) in [7, 11) is 0. The Bertz CT molecular complexity index is 609. The summed E-state index contributed by atoms with van der Waals surface area (Å²) >= 11 is 9.48. The van der Waals surface area contributed by atoms with Crippen molar-refractivity contribution < 1.29 is 19.1 Å². The highest BCUT2D eigenvalue weighted by atomic mass is 79.9. The Morgan fingerprint density at radius 1 is 1.24 bits per heavy atom. The summed E-state index contributed by atoms with van der Waals surface area (Å²) in [4.78, 5) is 23.6. The first-order valence-corrected chi connectivity index (χ1v) is 7.26. The maximum Gasteiger partial charge on any atom is 0.350 e. The Morgan fingerprint density at radius 2 is 1.81 bits per heavy atom. The van der Waals surface area contributed by atoms with E-state index in [0.717, 1.165) is 5.56 Å². The van der Waals surface area contributed by atoms with E-state index in [4.69, 9.17) is 21.1 Å². The minimum atomic E-state index is -1.26. The van der Waals surface area contributed by atoms with Crippen LogP contribution in [0.25, 0.3) is 0 Å². The smallest absolute Gasteiger partial charge is 0.350 e. The lowest BCUT2D eigenvalue weighted by Crippen LogP contribution is -2.42. The first-order valence-electron chi connectivity index (χ1n) is 6.08. The van der Waals surface area contributed by atoms with Gasteiger partial charge in [0.05, 0.1) is 10.7 Å². The topological polar surface area (TPSA) is 64.6 Å². The van der Waals surface area contributed by atoms with Crippen LogP contribution in [-0.4, -0.2) is 17.7 Å². The maximum atomic E-state index is 11.8. The van der Waals surface area contributed by atoms with Crippen molar-refractivity contribution in [2.75, 3.05) is 5.32 Å². The second-order valence-corrected chi connectivity index (χ2v) is 6.25. The molecule has 1 aliphatic heterocycles. The summed E-state index contributed by atoms with van der Waals surface area (Å²) < 4.78 is 10.7. The van der Waals surface area contributed by atoms with Crippen LogP contribution in [-0.2, 0) is 19.1 Å². The predicted molar refractivity (Wildman–Crippen MR) is 81.9 cm³/mol. The number of aryl methyl sites for hydroxylation is 1. The zero-order valence-corrected chi connectivity index (χ0v) is 14.0. The number of carbonyl (C=O) groups excluding carboxylic acids is 2. The molecule has 1 saturated heterocycles. The van der Waals surface area contributed by atoms with E-state index in [-0.39, 0.29) is 5.57 Å². The van der Waals surface area contributed by atoms with E-state index in [1.165, 1.54) is 20.0 Å². The second-order valence-electron chi connectivity index (χ2n) is 4.98. The summed E-state index contributed by atoms with van der Waals surface area (Å²) in [5.74, 6) is -2.75. The molecule has 1 heterocycles. The Balaban J connectivity index is 2.26. The first-order chi connectivity index (χ1) is 9.69. The van der Waals surface area contributed by atoms with Gasteiger partial charge in [-0.1, -0.05) is 11.6 Å². The SMILES string of the molecule is Cc1cc(Cl)c(NC=C2C(=O)OC(C)(C)OC2=O)c(Br)c1. The quantitative estimate of drug-likeness (QED) is 0.487. The largest absolute Gasteiger partial charge is 0.419 e. The fourth-order valence-corrected chi connectivity index (χ4v) is 2.89. The minimum Gasteiger partial charge on any atom is -0.419 e. The van der Waals surface area contributed by atoms with Gasteiger partial charge in [0.25, 0.3) is 5.79 Å². The number of carbonyl (C=O) groups is 2. The standard InChI is InChI=1S/C14H13BrClNO4/c1-7-4-9(15)11(10(16)5-7)17-6-8-12(18)20-14(2,3)21-13(8)19/h4-6,17H,1-3H3. The van der Waals surface area contributed by atoms with Crippen LogP contribution in [0, 0.1) is 6.92 Å². The molecule has 0 saturated carbocycles. The third-order valence-electron chi connectivity index (χ3n) is 2.66. The fraction of sp³-hybridized carbons (Fsp3) is 0.286. The summed E-state index contributed by atoms with van der Waals surface area (Å²) in [6.45, 7) is 4.87. The van der Waals surface area contributed by atoms with Gasteiger partial charge in [0.1, 0.15) is 0 Å². The molecule has 0 spiro atoms. The average Bonchev–Trinajstić information content (AvgIpc) is 2.29. The number of rotatable bonds is 2. The van der Waals surface area contributed by atoms with Crippen molar-refractivity contribution in [2.24, 2.45) is 0 Å². The molecular formula is C14H13BrClNO4. The highest BCUT2D eigenvalue weighted by molar-refractivity contribution is 9.10. The van der Waals surface area contributed by atoms with Crippen LogP contribution in [0.4, 0.5) is 5.69 Å². The number of hydrogen-bond acceptors (Lipinski definition) is 5. The van der Waals surface area contributed by atoms with Crippen molar-refractivity contribution in [3.8, 4) is 0 Å². The Labute approximate surface area is 135 Å². The number of ether oxygens (including phenoxy) is 2. The van der Waals surface area contributed by atoms with E-state index < -0.39 is 17.7 Å². The lowest BCUT2D eigenvalue weighted by atomic mass is 10.2. The molecule has 7 heteroatoms. The van der Waals surface area contributed by atoms with Crippen molar-refractivity contribution >= 4 is 45.2 Å². The molecule has 0 unspecified atom stereocenters. The number of benzene rings is 1. The average molecular weight is 375 g/mol. The Morgan fingerprint density at radius 3 is 2.33 bits per heavy atom. The molecule has 5 nitrogen and oxygen atoms in total. The van der Waals surface area contributed by atoms with Gasteiger partial charge in [-0.15, -0.1) is 0 Å². The molecule has 2 rings (SSSR count). The van der Waals surface area contributed by atoms with Gasteiger partial charge in [-0.2, -0.15) is 0 Å². The van der Waals surface area contributed by atoms with Gasteiger partial charge in [-0.3, -0.25) is 0 Å². The molecule has 0 amide bonds. The van der Waals surface area contributed by atoms with Crippen LogP contribution >= 0.6 is 27.5 Å². The molecule has 112 valence electrons. The van der Waals surface area contributed by atoms with Crippen molar-refractivity contribution in [2.45, 2.75) is 26.6 Å². The van der Waals surface area contributed by atoms with Crippen LogP contribution < -0.4 is 5.32 Å². The van der Waals surface area contributed by atoms with E-state index in [0.29, 0.717) is 15.2 Å². The monoisotopic (exact) mass is 373 g/mol. The molecule has 0 bridgehead atoms. The van der Waals surface area contributed by atoms with Crippen LogP contribution in [0.1, 0.15) is 19.4 Å². The van der Waals surface area contributed by atoms with E-state index >= 15 is 0 Å². The lowest BCUT2D eigenvalue weighted by Gasteiger charge is -2.29. The van der Waals surface area contributed by atoms with Crippen molar-refractivity contribution in [1.29, 1.82) is 0 Å². The number of anilines is 1. The number of cyclic esters (lactones) is 2. The maximum absolute atomic E-state index is 11.8. The van der Waals surface area contributed by atoms with Gasteiger partial charge in [-0.25, -0.2) is 9.59 Å².